The van der Waals surface area contributed by atoms with Crippen LogP contribution in [0.4, 0.5) is 5.69 Å². The van der Waals surface area contributed by atoms with Crippen molar-refractivity contribution in [2.24, 2.45) is 7.05 Å². The molecule has 166 valence electrons. The molecule has 1 heterocycles. The smallest absolute Gasteiger partial charge is 0.330 e. The zero-order chi connectivity index (χ0) is 22.9. The molecule has 1 aromatic heterocycles. The summed E-state index contributed by atoms with van der Waals surface area (Å²) in [5.74, 6) is 0.491. The second kappa shape index (κ2) is 9.03. The Balaban J connectivity index is 1.86. The number of nitrogens with zero attached hydrogens (tertiary/aromatic N) is 3. The topological polar surface area (TPSA) is 88.5 Å². The van der Waals surface area contributed by atoms with Gasteiger partial charge in [-0.15, -0.1) is 0 Å². The average Bonchev–Trinajstić information content (AvgIpc) is 2.91. The lowest BCUT2D eigenvalue weighted by atomic mass is 10.2. The molecule has 0 saturated carbocycles. The van der Waals surface area contributed by atoms with Gasteiger partial charge in [0, 0.05) is 39.9 Å². The van der Waals surface area contributed by atoms with Gasteiger partial charge in [-0.3, -0.25) is 19.2 Å². The predicted molar refractivity (Wildman–Crippen MR) is 124 cm³/mol. The van der Waals surface area contributed by atoms with Crippen LogP contribution < -0.4 is 10.4 Å². The minimum atomic E-state index is -1.21. The van der Waals surface area contributed by atoms with Gasteiger partial charge in [0.25, 0.3) is 5.69 Å². The van der Waals surface area contributed by atoms with E-state index in [1.54, 1.807) is 29.8 Å². The summed E-state index contributed by atoms with van der Waals surface area (Å²) < 4.78 is 14.6. The first-order valence-corrected chi connectivity index (χ1v) is 14.0. The molecule has 0 unspecified atom stereocenters. The number of hydrogen-bond acceptors (Lipinski definition) is 5. The summed E-state index contributed by atoms with van der Waals surface area (Å²) >= 11 is 12.2. The largest absolute Gasteiger partial charge is 0.454 e. The first-order chi connectivity index (χ1) is 14.5. The number of nitro benzene ring substituents is 1. The lowest BCUT2D eigenvalue weighted by Gasteiger charge is -2.15. The molecular formula is C20H23Cl2N3O5Si. The maximum absolute atomic E-state index is 12.7. The number of imidazole rings is 1. The molecule has 0 bridgehead atoms. The van der Waals surface area contributed by atoms with Gasteiger partial charge in [0.1, 0.15) is 12.5 Å². The van der Waals surface area contributed by atoms with Gasteiger partial charge in [0.15, 0.2) is 5.75 Å². The minimum absolute atomic E-state index is 0.0153. The fraction of sp³-hybridized carbons (Fsp3) is 0.350. The third-order valence-electron chi connectivity index (χ3n) is 4.75. The number of fused-ring (bicyclic) bond motifs is 1. The van der Waals surface area contributed by atoms with Gasteiger partial charge in [-0.2, -0.15) is 0 Å². The number of halogens is 2. The number of benzene rings is 2. The molecule has 0 aliphatic rings. The molecule has 11 heteroatoms. The number of aryl methyl sites for hydroxylation is 1. The van der Waals surface area contributed by atoms with E-state index in [1.165, 1.54) is 16.7 Å². The van der Waals surface area contributed by atoms with Crippen LogP contribution in [0.5, 0.6) is 11.5 Å². The molecule has 8 nitrogen and oxygen atoms in total. The van der Waals surface area contributed by atoms with Crippen LogP contribution in [-0.4, -0.2) is 28.7 Å². The SMILES string of the molecule is Cn1c(=O)n(COCC[Si](C)(C)C)c2ccc(Oc3c(Cl)cc([N+](=O)[O-])cc3Cl)cc21. The molecule has 0 fully saturated rings. The zero-order valence-corrected chi connectivity index (χ0v) is 20.2. The lowest BCUT2D eigenvalue weighted by Crippen LogP contribution is -2.25. The highest BCUT2D eigenvalue weighted by atomic mass is 35.5. The highest BCUT2D eigenvalue weighted by molar-refractivity contribution is 6.76. The van der Waals surface area contributed by atoms with Crippen molar-refractivity contribution >= 4 is 48.0 Å². The van der Waals surface area contributed by atoms with E-state index in [-0.39, 0.29) is 33.9 Å². The van der Waals surface area contributed by atoms with Gasteiger partial charge in [0.05, 0.1) is 26.0 Å². The zero-order valence-electron chi connectivity index (χ0n) is 17.6. The van der Waals surface area contributed by atoms with Crippen LogP contribution in [0, 0.1) is 10.1 Å². The van der Waals surface area contributed by atoms with Crippen LogP contribution in [0.3, 0.4) is 0 Å². The molecule has 3 aromatic rings. The maximum Gasteiger partial charge on any atom is 0.330 e. The lowest BCUT2D eigenvalue weighted by molar-refractivity contribution is -0.384. The number of hydrogen-bond donors (Lipinski definition) is 0. The number of non-ortho nitro benzene ring substituents is 1. The van der Waals surface area contributed by atoms with E-state index in [2.05, 4.69) is 19.6 Å². The van der Waals surface area contributed by atoms with E-state index in [0.29, 0.717) is 23.4 Å². The summed E-state index contributed by atoms with van der Waals surface area (Å²) in [7, 11) is 0.451. The second-order valence-corrected chi connectivity index (χ2v) is 14.8. The van der Waals surface area contributed by atoms with Crippen molar-refractivity contribution in [2.75, 3.05) is 6.61 Å². The van der Waals surface area contributed by atoms with Crippen molar-refractivity contribution in [3.05, 3.63) is 61.0 Å². The van der Waals surface area contributed by atoms with Crippen LogP contribution in [-0.2, 0) is 18.5 Å². The van der Waals surface area contributed by atoms with Crippen LogP contribution in [0.1, 0.15) is 0 Å². The Labute approximate surface area is 190 Å². The molecule has 31 heavy (non-hydrogen) atoms. The summed E-state index contributed by atoms with van der Waals surface area (Å²) in [4.78, 5) is 23.0. The molecule has 0 saturated heterocycles. The Morgan fingerprint density at radius 2 is 1.74 bits per heavy atom. The van der Waals surface area contributed by atoms with Crippen LogP contribution in [0.2, 0.25) is 35.7 Å². The van der Waals surface area contributed by atoms with Gasteiger partial charge >= 0.3 is 5.69 Å². The molecule has 0 N–H and O–H groups in total. The molecule has 0 amide bonds. The fourth-order valence-electron chi connectivity index (χ4n) is 2.98. The van der Waals surface area contributed by atoms with E-state index < -0.39 is 13.0 Å². The van der Waals surface area contributed by atoms with Crippen molar-refractivity contribution in [3.8, 4) is 11.5 Å². The predicted octanol–water partition coefficient (Wildman–Crippen LogP) is 5.66. The molecule has 0 aliphatic heterocycles. The molecule has 0 aliphatic carbocycles. The van der Waals surface area contributed by atoms with Crippen LogP contribution >= 0.6 is 23.2 Å². The second-order valence-electron chi connectivity index (χ2n) is 8.37. The van der Waals surface area contributed by atoms with Crippen molar-refractivity contribution in [3.63, 3.8) is 0 Å². The van der Waals surface area contributed by atoms with E-state index in [0.717, 1.165) is 6.04 Å². The van der Waals surface area contributed by atoms with E-state index in [4.69, 9.17) is 32.7 Å². The average molecular weight is 484 g/mol. The summed E-state index contributed by atoms with van der Waals surface area (Å²) in [6, 6.07) is 8.47. The Kier molecular flexibility index (Phi) is 6.80. The Morgan fingerprint density at radius 3 is 2.32 bits per heavy atom. The van der Waals surface area contributed by atoms with Crippen molar-refractivity contribution < 1.29 is 14.4 Å². The summed E-state index contributed by atoms with van der Waals surface area (Å²) in [6.45, 7) is 7.58. The maximum atomic E-state index is 12.7. The molecule has 0 radical (unpaired) electrons. The quantitative estimate of drug-likeness (QED) is 0.178. The van der Waals surface area contributed by atoms with Crippen molar-refractivity contribution in [2.45, 2.75) is 32.4 Å². The van der Waals surface area contributed by atoms with Crippen molar-refractivity contribution in [1.82, 2.24) is 9.13 Å². The number of aromatic nitrogens is 2. The first kappa shape index (κ1) is 23.3. The molecule has 0 spiro atoms. The molecule has 3 rings (SSSR count). The molecule has 0 atom stereocenters. The summed E-state index contributed by atoms with van der Waals surface area (Å²) in [5.41, 5.74) is 0.914. The Hall–Kier alpha value is -2.33. The number of rotatable bonds is 8. The fourth-order valence-corrected chi connectivity index (χ4v) is 4.29. The number of nitro groups is 1. The van der Waals surface area contributed by atoms with Crippen molar-refractivity contribution in [1.29, 1.82) is 0 Å². The first-order valence-electron chi connectivity index (χ1n) is 9.56. The monoisotopic (exact) mass is 483 g/mol. The van der Waals surface area contributed by atoms with Crippen LogP contribution in [0.15, 0.2) is 35.1 Å². The Bertz CT molecular complexity index is 1180. The highest BCUT2D eigenvalue weighted by Gasteiger charge is 2.18. The number of ether oxygens (including phenoxy) is 2. The third kappa shape index (κ3) is 5.30. The summed E-state index contributed by atoms with van der Waals surface area (Å²) in [6.07, 6.45) is 0. The van der Waals surface area contributed by atoms with Gasteiger partial charge in [0.2, 0.25) is 0 Å². The highest BCUT2D eigenvalue weighted by Crippen LogP contribution is 2.39. The van der Waals surface area contributed by atoms with E-state index in [1.807, 2.05) is 0 Å². The summed E-state index contributed by atoms with van der Waals surface area (Å²) in [5, 5.41) is 11.0. The van der Waals surface area contributed by atoms with Gasteiger partial charge in [-0.25, -0.2) is 4.79 Å². The normalized spacial score (nSPS) is 11.8. The Morgan fingerprint density at radius 1 is 1.10 bits per heavy atom. The van der Waals surface area contributed by atoms with E-state index >= 15 is 0 Å². The van der Waals surface area contributed by atoms with Crippen LogP contribution in [0.25, 0.3) is 11.0 Å². The van der Waals surface area contributed by atoms with E-state index in [9.17, 15) is 14.9 Å². The van der Waals surface area contributed by atoms with Gasteiger partial charge < -0.3 is 9.47 Å². The van der Waals surface area contributed by atoms with Gasteiger partial charge in [-0.1, -0.05) is 42.8 Å². The third-order valence-corrected chi connectivity index (χ3v) is 7.01. The minimum Gasteiger partial charge on any atom is -0.454 e. The standard InChI is InChI=1S/C20H23Cl2N3O5Si/c1-23-18-11-14(30-19-15(21)9-13(25(27)28)10-16(19)22)5-6-17(18)24(20(23)26)12-29-7-8-31(2,3)4/h5-6,9-11H,7-8,12H2,1-4H3. The molecule has 2 aromatic carbocycles. The van der Waals surface area contributed by atoms with Gasteiger partial charge in [-0.05, 0) is 18.2 Å². The molecular weight excluding hydrogens is 461 g/mol.